The van der Waals surface area contributed by atoms with Crippen LogP contribution in [0.2, 0.25) is 0 Å². The first-order valence-corrected chi connectivity index (χ1v) is 12.4. The zero-order chi connectivity index (χ0) is 26.6. The van der Waals surface area contributed by atoms with Crippen LogP contribution < -0.4 is 11.1 Å². The third-order valence-electron chi connectivity index (χ3n) is 6.59. The Morgan fingerprint density at radius 3 is 2.39 bits per heavy atom. The van der Waals surface area contributed by atoms with Crippen LogP contribution in [-0.2, 0) is 17.8 Å². The largest absolute Gasteiger partial charge is 0.478 e. The molecule has 0 spiro atoms. The quantitative estimate of drug-likeness (QED) is 0.199. The average Bonchev–Trinajstić information content (AvgIpc) is 3.30. The summed E-state index contributed by atoms with van der Waals surface area (Å²) in [5, 5.41) is 14.0. The highest BCUT2D eigenvalue weighted by atomic mass is 16.5. The minimum atomic E-state index is -0.517. The van der Waals surface area contributed by atoms with Crippen molar-refractivity contribution in [3.63, 3.8) is 0 Å². The molecular formula is C31H28N4O3. The van der Waals surface area contributed by atoms with Crippen LogP contribution in [0.4, 0.5) is 0 Å². The Balaban J connectivity index is 1.47. The van der Waals surface area contributed by atoms with E-state index in [-0.39, 0.29) is 11.8 Å². The highest BCUT2D eigenvalue weighted by molar-refractivity contribution is 6.02. The summed E-state index contributed by atoms with van der Waals surface area (Å²) in [6.07, 6.45) is 0. The van der Waals surface area contributed by atoms with Gasteiger partial charge in [0.25, 0.3) is 5.91 Å². The van der Waals surface area contributed by atoms with Crippen LogP contribution in [0.5, 0.6) is 0 Å². The van der Waals surface area contributed by atoms with Gasteiger partial charge in [0.1, 0.15) is 5.69 Å². The lowest BCUT2D eigenvalue weighted by Crippen LogP contribution is -2.25. The molecular weight excluding hydrogens is 476 g/mol. The number of fused-ring (bicyclic) bond motifs is 2. The number of primary amides is 1. The Morgan fingerprint density at radius 2 is 1.63 bits per heavy atom. The molecule has 2 amide bonds. The van der Waals surface area contributed by atoms with E-state index in [1.165, 1.54) is 0 Å². The highest BCUT2D eigenvalue weighted by Gasteiger charge is 2.18. The average molecular weight is 505 g/mol. The van der Waals surface area contributed by atoms with Gasteiger partial charge in [0.2, 0.25) is 11.8 Å². The second-order valence-electron chi connectivity index (χ2n) is 9.03. The van der Waals surface area contributed by atoms with E-state index in [2.05, 4.69) is 29.6 Å². The van der Waals surface area contributed by atoms with Crippen molar-refractivity contribution in [2.75, 3.05) is 6.61 Å². The first-order chi connectivity index (χ1) is 18.4. The molecule has 1 aromatic heterocycles. The van der Waals surface area contributed by atoms with E-state index < -0.39 is 5.91 Å². The van der Waals surface area contributed by atoms with Crippen LogP contribution in [0.1, 0.15) is 44.5 Å². The van der Waals surface area contributed by atoms with Crippen LogP contribution in [0.15, 0.2) is 91.0 Å². The molecule has 0 aliphatic rings. The van der Waals surface area contributed by atoms with E-state index in [1.54, 1.807) is 12.1 Å². The molecule has 5 rings (SSSR count). The van der Waals surface area contributed by atoms with Crippen molar-refractivity contribution in [3.8, 4) is 0 Å². The molecule has 0 saturated carbocycles. The molecule has 1 heterocycles. The number of carbonyl (C=O) groups excluding carboxylic acids is 2. The number of carbonyl (C=O) groups is 2. The number of rotatable bonds is 8. The lowest BCUT2D eigenvalue weighted by molar-refractivity contribution is 0.0941. The zero-order valence-electron chi connectivity index (χ0n) is 21.0. The minimum Gasteiger partial charge on any atom is -0.478 e. The smallest absolute Gasteiger partial charge is 0.268 e. The van der Waals surface area contributed by atoms with Gasteiger partial charge < -0.3 is 20.4 Å². The van der Waals surface area contributed by atoms with Crippen molar-refractivity contribution in [3.05, 3.63) is 119 Å². The number of amides is 2. The Bertz CT molecular complexity index is 1660. The van der Waals surface area contributed by atoms with Crippen molar-refractivity contribution >= 4 is 39.4 Å². The van der Waals surface area contributed by atoms with Gasteiger partial charge in [0.15, 0.2) is 0 Å². The second-order valence-corrected chi connectivity index (χ2v) is 9.03. The number of hydrogen-bond acceptors (Lipinski definition) is 4. The molecule has 190 valence electrons. The molecule has 7 nitrogen and oxygen atoms in total. The van der Waals surface area contributed by atoms with Crippen molar-refractivity contribution in [1.82, 2.24) is 9.88 Å². The number of nitrogens with two attached hydrogens (primary N) is 1. The predicted octanol–water partition coefficient (Wildman–Crippen LogP) is 5.23. The van der Waals surface area contributed by atoms with E-state index in [1.807, 2.05) is 66.1 Å². The summed E-state index contributed by atoms with van der Waals surface area (Å²) in [5.74, 6) is -0.624. The maximum atomic E-state index is 13.5. The number of ether oxygens (including phenoxy) is 1. The lowest BCUT2D eigenvalue weighted by atomic mass is 10.0. The molecule has 4 aromatic carbocycles. The molecule has 38 heavy (non-hydrogen) atoms. The molecule has 0 fully saturated rings. The zero-order valence-corrected chi connectivity index (χ0v) is 21.0. The first-order valence-electron chi connectivity index (χ1n) is 12.4. The van der Waals surface area contributed by atoms with Gasteiger partial charge in [-0.2, -0.15) is 0 Å². The van der Waals surface area contributed by atoms with Crippen LogP contribution in [-0.4, -0.2) is 28.9 Å². The fourth-order valence-corrected chi connectivity index (χ4v) is 4.64. The van der Waals surface area contributed by atoms with E-state index in [0.717, 1.165) is 32.8 Å². The lowest BCUT2D eigenvalue weighted by Gasteiger charge is -2.14. The van der Waals surface area contributed by atoms with Crippen LogP contribution in [0, 0.1) is 5.41 Å². The molecule has 4 N–H and O–H groups in total. The van der Waals surface area contributed by atoms with Gasteiger partial charge in [0.05, 0.1) is 6.61 Å². The SMILES string of the molecule is CCOC(=N)c1ccc(CNC(=O)c2cc3ccc(C(N)=O)cc3n2Cc2cccc3ccccc23)cc1. The molecule has 7 heteroatoms. The number of aromatic nitrogens is 1. The second kappa shape index (κ2) is 10.6. The number of benzene rings is 4. The van der Waals surface area contributed by atoms with Crippen molar-refractivity contribution in [1.29, 1.82) is 5.41 Å². The van der Waals surface area contributed by atoms with E-state index in [9.17, 15) is 9.59 Å². The Morgan fingerprint density at radius 1 is 0.895 bits per heavy atom. The standard InChI is InChI=1S/C31H28N4O3/c1-2-38-30(33)22-12-10-20(11-13-22)18-34-31(37)28-16-23-14-15-24(29(32)36)17-27(23)35(28)19-25-8-5-7-21-6-3-4-9-26(21)25/h3-17,33H,2,18-19H2,1H3,(H2,32,36)(H,34,37). The Kier molecular flexibility index (Phi) is 6.91. The monoisotopic (exact) mass is 504 g/mol. The van der Waals surface area contributed by atoms with Crippen LogP contribution in [0.3, 0.4) is 0 Å². The molecule has 0 bridgehead atoms. The summed E-state index contributed by atoms with van der Waals surface area (Å²) in [5.41, 5.74) is 9.84. The minimum absolute atomic E-state index is 0.122. The summed E-state index contributed by atoms with van der Waals surface area (Å²) in [6, 6.07) is 28.7. The summed E-state index contributed by atoms with van der Waals surface area (Å²) in [7, 11) is 0. The van der Waals surface area contributed by atoms with Gasteiger partial charge in [0, 0.05) is 35.1 Å². The molecule has 0 aliphatic heterocycles. The third kappa shape index (κ3) is 4.99. The summed E-state index contributed by atoms with van der Waals surface area (Å²) >= 11 is 0. The normalized spacial score (nSPS) is 11.0. The highest BCUT2D eigenvalue weighted by Crippen LogP contribution is 2.26. The number of nitrogens with zero attached hydrogens (tertiary/aromatic N) is 1. The van der Waals surface area contributed by atoms with E-state index in [4.69, 9.17) is 15.9 Å². The Hall–Kier alpha value is -4.91. The van der Waals surface area contributed by atoms with Gasteiger partial charge in [-0.1, -0.05) is 60.7 Å². The maximum absolute atomic E-state index is 13.5. The van der Waals surface area contributed by atoms with Crippen molar-refractivity contribution in [2.45, 2.75) is 20.0 Å². The molecule has 0 aliphatic carbocycles. The van der Waals surface area contributed by atoms with Gasteiger partial charge in [-0.25, -0.2) is 0 Å². The predicted molar refractivity (Wildman–Crippen MR) is 150 cm³/mol. The molecule has 0 radical (unpaired) electrons. The molecule has 0 unspecified atom stereocenters. The summed E-state index contributed by atoms with van der Waals surface area (Å²) in [6.45, 7) is 3.05. The van der Waals surface area contributed by atoms with Crippen LogP contribution in [0.25, 0.3) is 21.7 Å². The molecule has 0 atom stereocenters. The third-order valence-corrected chi connectivity index (χ3v) is 6.59. The van der Waals surface area contributed by atoms with E-state index in [0.29, 0.717) is 36.5 Å². The Labute approximate surface area is 220 Å². The fraction of sp³-hybridized carbons (Fsp3) is 0.129. The van der Waals surface area contributed by atoms with Crippen molar-refractivity contribution in [2.24, 2.45) is 5.73 Å². The van der Waals surface area contributed by atoms with Gasteiger partial charge in [-0.3, -0.25) is 15.0 Å². The first kappa shape index (κ1) is 24.8. The van der Waals surface area contributed by atoms with Crippen molar-refractivity contribution < 1.29 is 14.3 Å². The number of hydrogen-bond donors (Lipinski definition) is 3. The topological polar surface area (TPSA) is 110 Å². The van der Waals surface area contributed by atoms with Gasteiger partial charge in [-0.15, -0.1) is 0 Å². The van der Waals surface area contributed by atoms with Gasteiger partial charge >= 0.3 is 0 Å². The number of nitrogens with one attached hydrogen (secondary N) is 2. The van der Waals surface area contributed by atoms with Gasteiger partial charge in [-0.05, 0) is 59.2 Å². The molecule has 5 aromatic rings. The fourth-order valence-electron chi connectivity index (χ4n) is 4.64. The van der Waals surface area contributed by atoms with E-state index >= 15 is 0 Å². The summed E-state index contributed by atoms with van der Waals surface area (Å²) < 4.78 is 7.18. The molecule has 0 saturated heterocycles. The summed E-state index contributed by atoms with van der Waals surface area (Å²) in [4.78, 5) is 25.4. The maximum Gasteiger partial charge on any atom is 0.268 e. The van der Waals surface area contributed by atoms with Crippen LogP contribution >= 0.6 is 0 Å².